The third-order valence-corrected chi connectivity index (χ3v) is 3.01. The van der Waals surface area contributed by atoms with Crippen molar-refractivity contribution in [3.05, 3.63) is 35.9 Å². The molecule has 1 rings (SSSR count). The molecule has 0 aromatic heterocycles. The van der Waals surface area contributed by atoms with Gasteiger partial charge in [0.2, 0.25) is 11.8 Å². The molecule has 0 aliphatic carbocycles. The van der Waals surface area contributed by atoms with Crippen molar-refractivity contribution in [2.75, 3.05) is 6.54 Å². The fourth-order valence-corrected chi connectivity index (χ4v) is 1.96. The minimum Gasteiger partial charge on any atom is -0.392 e. The number of hydrogen-bond acceptors (Lipinski definition) is 3. The van der Waals surface area contributed by atoms with E-state index in [4.69, 9.17) is 0 Å². The Morgan fingerprint density at radius 1 is 1.24 bits per heavy atom. The summed E-state index contributed by atoms with van der Waals surface area (Å²) in [5.41, 5.74) is 0.912. The lowest BCUT2D eigenvalue weighted by Gasteiger charge is -2.18. The average Bonchev–Trinajstić information content (AvgIpc) is 2.45. The zero-order valence-corrected chi connectivity index (χ0v) is 12.6. The monoisotopic (exact) mass is 292 g/mol. The fourth-order valence-electron chi connectivity index (χ4n) is 1.96. The van der Waals surface area contributed by atoms with Gasteiger partial charge in [-0.2, -0.15) is 0 Å². The molecule has 0 aliphatic heterocycles. The molecular weight excluding hydrogens is 268 g/mol. The van der Waals surface area contributed by atoms with Crippen molar-refractivity contribution >= 4 is 11.8 Å². The Morgan fingerprint density at radius 2 is 1.90 bits per heavy atom. The lowest BCUT2D eigenvalue weighted by molar-refractivity contribution is -0.129. The lowest BCUT2D eigenvalue weighted by Crippen LogP contribution is -2.48. The largest absolute Gasteiger partial charge is 0.392 e. The second kappa shape index (κ2) is 9.13. The Labute approximate surface area is 125 Å². The molecule has 2 atom stereocenters. The number of benzene rings is 1. The maximum atomic E-state index is 12.0. The van der Waals surface area contributed by atoms with Gasteiger partial charge in [-0.3, -0.25) is 9.59 Å². The topological polar surface area (TPSA) is 78.4 Å². The molecule has 0 saturated heterocycles. The molecule has 2 amide bonds. The van der Waals surface area contributed by atoms with Gasteiger partial charge in [-0.15, -0.1) is 0 Å². The van der Waals surface area contributed by atoms with E-state index in [0.29, 0.717) is 6.42 Å². The molecule has 3 N–H and O–H groups in total. The van der Waals surface area contributed by atoms with Gasteiger partial charge >= 0.3 is 0 Å². The van der Waals surface area contributed by atoms with E-state index < -0.39 is 12.1 Å². The second-order valence-electron chi connectivity index (χ2n) is 5.17. The van der Waals surface area contributed by atoms with Crippen LogP contribution in [0.2, 0.25) is 0 Å². The minimum atomic E-state index is -0.601. The molecule has 21 heavy (non-hydrogen) atoms. The highest BCUT2D eigenvalue weighted by Gasteiger charge is 2.19. The highest BCUT2D eigenvalue weighted by Crippen LogP contribution is 2.02. The van der Waals surface area contributed by atoms with Gasteiger partial charge in [0, 0.05) is 6.54 Å². The first-order valence-corrected chi connectivity index (χ1v) is 7.32. The predicted molar refractivity (Wildman–Crippen MR) is 81.7 cm³/mol. The quantitative estimate of drug-likeness (QED) is 0.669. The van der Waals surface area contributed by atoms with E-state index in [1.54, 1.807) is 6.92 Å². The Bertz CT molecular complexity index is 446. The maximum absolute atomic E-state index is 12.0. The van der Waals surface area contributed by atoms with Gasteiger partial charge in [-0.1, -0.05) is 43.7 Å². The van der Waals surface area contributed by atoms with Crippen LogP contribution in [0, 0.1) is 0 Å². The Hall–Kier alpha value is -1.88. The van der Waals surface area contributed by atoms with Crippen LogP contribution in [0.15, 0.2) is 30.3 Å². The number of carbonyl (C=O) groups is 2. The van der Waals surface area contributed by atoms with Crippen LogP contribution in [0.3, 0.4) is 0 Å². The Morgan fingerprint density at radius 3 is 2.48 bits per heavy atom. The maximum Gasteiger partial charge on any atom is 0.242 e. The number of hydrogen-bond donors (Lipinski definition) is 3. The van der Waals surface area contributed by atoms with Crippen molar-refractivity contribution in [2.24, 2.45) is 0 Å². The average molecular weight is 292 g/mol. The van der Waals surface area contributed by atoms with E-state index in [1.165, 1.54) is 0 Å². The van der Waals surface area contributed by atoms with Crippen molar-refractivity contribution in [3.63, 3.8) is 0 Å². The summed E-state index contributed by atoms with van der Waals surface area (Å²) in [6.45, 7) is 3.75. The van der Waals surface area contributed by atoms with E-state index >= 15 is 0 Å². The van der Waals surface area contributed by atoms with Crippen LogP contribution in [0.5, 0.6) is 0 Å². The van der Waals surface area contributed by atoms with Crippen molar-refractivity contribution in [3.8, 4) is 0 Å². The summed E-state index contributed by atoms with van der Waals surface area (Å²) >= 11 is 0. The molecule has 1 aromatic rings. The molecule has 0 radical (unpaired) electrons. The molecule has 0 spiro atoms. The normalized spacial score (nSPS) is 13.3. The number of nitrogens with one attached hydrogen (secondary N) is 2. The van der Waals surface area contributed by atoms with Crippen LogP contribution in [0.25, 0.3) is 0 Å². The van der Waals surface area contributed by atoms with E-state index in [0.717, 1.165) is 12.0 Å². The van der Waals surface area contributed by atoms with Crippen LogP contribution in [0.4, 0.5) is 0 Å². The number of aliphatic hydroxyl groups is 1. The van der Waals surface area contributed by atoms with Crippen LogP contribution >= 0.6 is 0 Å². The van der Waals surface area contributed by atoms with E-state index in [2.05, 4.69) is 10.6 Å². The summed E-state index contributed by atoms with van der Waals surface area (Å²) in [4.78, 5) is 24.0. The molecule has 0 fully saturated rings. The highest BCUT2D eigenvalue weighted by atomic mass is 16.3. The molecule has 5 heteroatoms. The summed E-state index contributed by atoms with van der Waals surface area (Å²) in [5, 5.41) is 14.6. The summed E-state index contributed by atoms with van der Waals surface area (Å²) in [5.74, 6) is -0.425. The van der Waals surface area contributed by atoms with Crippen LogP contribution in [-0.4, -0.2) is 35.6 Å². The third-order valence-electron chi connectivity index (χ3n) is 3.01. The van der Waals surface area contributed by atoms with Gasteiger partial charge in [0.15, 0.2) is 0 Å². The van der Waals surface area contributed by atoms with E-state index in [-0.39, 0.29) is 24.8 Å². The smallest absolute Gasteiger partial charge is 0.242 e. The lowest BCUT2D eigenvalue weighted by atomic mass is 10.1. The zero-order valence-electron chi connectivity index (χ0n) is 12.6. The predicted octanol–water partition coefficient (Wildman–Crippen LogP) is 1.01. The Kier molecular flexibility index (Phi) is 7.46. The number of aliphatic hydroxyl groups excluding tert-OH is 1. The molecular formula is C16H24N2O3. The molecule has 1 aromatic carbocycles. The molecule has 2 unspecified atom stereocenters. The first-order valence-electron chi connectivity index (χ1n) is 7.32. The number of amides is 2. The van der Waals surface area contributed by atoms with Gasteiger partial charge in [-0.05, 0) is 18.9 Å². The molecule has 0 heterocycles. The van der Waals surface area contributed by atoms with Crippen LogP contribution in [0.1, 0.15) is 32.3 Å². The van der Waals surface area contributed by atoms with Gasteiger partial charge in [0.25, 0.3) is 0 Å². The van der Waals surface area contributed by atoms with Crippen molar-refractivity contribution in [1.82, 2.24) is 10.6 Å². The Balaban J connectivity index is 2.52. The highest BCUT2D eigenvalue weighted by molar-refractivity contribution is 5.88. The summed E-state index contributed by atoms with van der Waals surface area (Å²) in [7, 11) is 0. The van der Waals surface area contributed by atoms with Gasteiger partial charge in [-0.25, -0.2) is 0 Å². The molecule has 0 saturated carbocycles. The van der Waals surface area contributed by atoms with Gasteiger partial charge < -0.3 is 15.7 Å². The third kappa shape index (κ3) is 6.90. The summed E-state index contributed by atoms with van der Waals surface area (Å²) < 4.78 is 0. The van der Waals surface area contributed by atoms with Crippen LogP contribution in [-0.2, 0) is 16.0 Å². The first kappa shape index (κ1) is 17.2. The van der Waals surface area contributed by atoms with Crippen molar-refractivity contribution in [1.29, 1.82) is 0 Å². The van der Waals surface area contributed by atoms with Crippen LogP contribution < -0.4 is 10.6 Å². The minimum absolute atomic E-state index is 0.174. The molecule has 116 valence electrons. The number of carbonyl (C=O) groups excluding carboxylic acids is 2. The second-order valence-corrected chi connectivity index (χ2v) is 5.17. The number of rotatable bonds is 8. The summed E-state index contributed by atoms with van der Waals surface area (Å²) in [6, 6.07) is 8.85. The summed E-state index contributed by atoms with van der Waals surface area (Å²) in [6.07, 6.45) is 1.02. The molecule has 5 nitrogen and oxygen atoms in total. The van der Waals surface area contributed by atoms with E-state index in [1.807, 2.05) is 37.3 Å². The SMILES string of the molecule is CCCC(NC(=O)Cc1ccccc1)C(=O)NCC(C)O. The fraction of sp³-hybridized carbons (Fsp3) is 0.500. The van der Waals surface area contributed by atoms with Gasteiger partial charge in [0.05, 0.1) is 12.5 Å². The van der Waals surface area contributed by atoms with E-state index in [9.17, 15) is 14.7 Å². The molecule has 0 aliphatic rings. The molecule has 0 bridgehead atoms. The standard InChI is InChI=1S/C16H24N2O3/c1-3-7-14(16(21)17-11-12(2)19)18-15(20)10-13-8-5-4-6-9-13/h4-6,8-9,12,14,19H,3,7,10-11H2,1-2H3,(H,17,21)(H,18,20). The van der Waals surface area contributed by atoms with Gasteiger partial charge in [0.1, 0.15) is 6.04 Å². The van der Waals surface area contributed by atoms with Crippen molar-refractivity contribution < 1.29 is 14.7 Å². The zero-order chi connectivity index (χ0) is 15.7. The van der Waals surface area contributed by atoms with Crippen molar-refractivity contribution in [2.45, 2.75) is 45.3 Å². The first-order chi connectivity index (χ1) is 10.0.